The first-order valence-electron chi connectivity index (χ1n) is 22.4. The number of nitrogens with zero attached hydrogens (tertiary/aromatic N) is 5. The number of carbonyl (C=O) groups excluding carboxylic acids is 3. The highest BCUT2D eigenvalue weighted by molar-refractivity contribution is 5.96. The maximum atomic E-state index is 14.7. The molecule has 8 rings (SSSR count). The number of aromatic carboxylic acids is 1. The summed E-state index contributed by atoms with van der Waals surface area (Å²) in [5.74, 6) is -2.28. The molecule has 4 fully saturated rings. The van der Waals surface area contributed by atoms with Gasteiger partial charge in [-0.2, -0.15) is 5.10 Å². The van der Waals surface area contributed by atoms with Crippen molar-refractivity contribution < 1.29 is 47.6 Å². The number of carboxylic acid groups (broad SMARTS) is 1. The predicted molar refractivity (Wildman–Crippen MR) is 238 cm³/mol. The second-order valence-electron chi connectivity index (χ2n) is 22.7. The van der Waals surface area contributed by atoms with Crippen LogP contribution in [-0.2, 0) is 38.5 Å². The number of esters is 1. The van der Waals surface area contributed by atoms with Crippen molar-refractivity contribution in [2.45, 2.75) is 164 Å². The highest BCUT2D eigenvalue weighted by Crippen LogP contribution is 2.72. The van der Waals surface area contributed by atoms with Gasteiger partial charge in [-0.1, -0.05) is 19.9 Å². The quantitative estimate of drug-likeness (QED) is 0.152. The maximum absolute atomic E-state index is 14.7. The third-order valence-electron chi connectivity index (χ3n) is 12.9. The van der Waals surface area contributed by atoms with Gasteiger partial charge >= 0.3 is 24.1 Å². The van der Waals surface area contributed by atoms with E-state index in [2.05, 4.69) is 13.8 Å². The van der Waals surface area contributed by atoms with Gasteiger partial charge in [0.2, 0.25) is 0 Å². The van der Waals surface area contributed by atoms with Crippen LogP contribution in [0.15, 0.2) is 30.5 Å². The van der Waals surface area contributed by atoms with E-state index in [4.69, 9.17) is 29.0 Å². The van der Waals surface area contributed by atoms with Crippen LogP contribution in [0.3, 0.4) is 0 Å². The standard InChI is InChI=1S/C49H66FN5O9/c1-30-33(32-14-16-36(52-38(32)40(58)62-43(2,3)4)53-18-17-31-13-15-35(50)37(39(56)57)34(31)22-53)21-51-55(30)29-48-24-46(11)23-47(12,25-48)27-49(26-46,28-48)61-20-19-54(41(59)63-44(5,6)7)42(60)64-45(8,9)10/h13-16,21H,17-20,22-29H2,1-12H3,(H,56,57). The molecule has 4 aliphatic carbocycles. The monoisotopic (exact) mass is 887 g/mol. The summed E-state index contributed by atoms with van der Waals surface area (Å²) in [6.45, 7) is 23.9. The van der Waals surface area contributed by atoms with Crippen LogP contribution in [0.4, 0.5) is 19.8 Å². The molecule has 5 aliphatic rings. The first-order valence-corrected chi connectivity index (χ1v) is 22.4. The number of fused-ring (bicyclic) bond motifs is 1. The largest absolute Gasteiger partial charge is 0.478 e. The number of amides is 2. The molecule has 64 heavy (non-hydrogen) atoms. The van der Waals surface area contributed by atoms with Crippen LogP contribution >= 0.6 is 0 Å². The van der Waals surface area contributed by atoms with Crippen molar-refractivity contribution in [3.8, 4) is 11.1 Å². The van der Waals surface area contributed by atoms with Crippen molar-refractivity contribution in [2.24, 2.45) is 16.2 Å². The second-order valence-corrected chi connectivity index (χ2v) is 22.7. The van der Waals surface area contributed by atoms with Gasteiger partial charge < -0.3 is 29.0 Å². The fraction of sp³-hybridized carbons (Fsp3) is 0.633. The Morgan fingerprint density at radius 2 is 1.42 bits per heavy atom. The Kier molecular flexibility index (Phi) is 11.8. The topological polar surface area (TPSA) is 163 Å². The molecule has 3 heterocycles. The summed E-state index contributed by atoms with van der Waals surface area (Å²) >= 11 is 0. The number of ether oxygens (including phenoxy) is 4. The molecule has 1 aromatic carbocycles. The fourth-order valence-corrected chi connectivity index (χ4v) is 11.9. The highest BCUT2D eigenvalue weighted by Gasteiger charge is 2.66. The van der Waals surface area contributed by atoms with Gasteiger partial charge in [0.1, 0.15) is 34.0 Å². The van der Waals surface area contributed by atoms with E-state index in [0.717, 1.165) is 60.2 Å². The fourth-order valence-electron chi connectivity index (χ4n) is 11.9. The molecule has 15 heteroatoms. The van der Waals surface area contributed by atoms with Crippen LogP contribution in [0.2, 0.25) is 0 Å². The van der Waals surface area contributed by atoms with Crippen LogP contribution < -0.4 is 4.90 Å². The minimum absolute atomic E-state index is 0.000987. The Balaban J connectivity index is 1.16. The van der Waals surface area contributed by atoms with Crippen molar-refractivity contribution >= 4 is 29.9 Å². The van der Waals surface area contributed by atoms with E-state index < -0.39 is 52.3 Å². The maximum Gasteiger partial charge on any atom is 0.419 e. The van der Waals surface area contributed by atoms with Gasteiger partial charge in [-0.05, 0) is 160 Å². The third-order valence-corrected chi connectivity index (χ3v) is 12.9. The molecule has 2 atom stereocenters. The lowest BCUT2D eigenvalue weighted by Gasteiger charge is -2.69. The smallest absolute Gasteiger partial charge is 0.419 e. The van der Waals surface area contributed by atoms with E-state index in [1.54, 1.807) is 80.6 Å². The van der Waals surface area contributed by atoms with Gasteiger partial charge in [-0.3, -0.25) is 4.68 Å². The van der Waals surface area contributed by atoms with Crippen LogP contribution in [-0.4, -0.2) is 91.0 Å². The average molecular weight is 888 g/mol. The zero-order valence-electron chi connectivity index (χ0n) is 39.7. The molecular formula is C49H66FN5O9. The van der Waals surface area contributed by atoms with E-state index in [1.165, 1.54) is 6.07 Å². The summed E-state index contributed by atoms with van der Waals surface area (Å²) in [6.07, 6.45) is 6.27. The lowest BCUT2D eigenvalue weighted by atomic mass is 9.39. The Hall–Kier alpha value is -5.05. The van der Waals surface area contributed by atoms with Crippen molar-refractivity contribution in [3.63, 3.8) is 0 Å². The van der Waals surface area contributed by atoms with Crippen molar-refractivity contribution in [3.05, 3.63) is 64.4 Å². The number of imide groups is 1. The van der Waals surface area contributed by atoms with Gasteiger partial charge in [-0.15, -0.1) is 0 Å². The molecule has 14 nitrogen and oxygen atoms in total. The Bertz CT molecular complexity index is 2310. The lowest BCUT2D eigenvalue weighted by Crippen LogP contribution is -2.64. The molecule has 0 spiro atoms. The van der Waals surface area contributed by atoms with Crippen molar-refractivity contribution in [1.82, 2.24) is 19.7 Å². The van der Waals surface area contributed by atoms with E-state index in [0.29, 0.717) is 36.5 Å². The number of halogens is 1. The molecule has 2 unspecified atom stereocenters. The van der Waals surface area contributed by atoms with Gasteiger partial charge in [0.05, 0.1) is 24.9 Å². The van der Waals surface area contributed by atoms with Gasteiger partial charge in [0, 0.05) is 36.5 Å². The minimum Gasteiger partial charge on any atom is -0.478 e. The normalized spacial score (nSPS) is 25.2. The summed E-state index contributed by atoms with van der Waals surface area (Å²) in [5, 5.41) is 14.8. The van der Waals surface area contributed by atoms with Crippen LogP contribution in [0.25, 0.3) is 11.1 Å². The minimum atomic E-state index is -1.33. The molecule has 1 aliphatic heterocycles. The molecule has 4 saturated carbocycles. The number of hydrogen-bond acceptors (Lipinski definition) is 11. The second kappa shape index (κ2) is 16.1. The number of rotatable bonds is 10. The Morgan fingerprint density at radius 3 is 2.00 bits per heavy atom. The van der Waals surface area contributed by atoms with E-state index in [9.17, 15) is 28.7 Å². The average Bonchev–Trinajstić information content (AvgIpc) is 3.47. The van der Waals surface area contributed by atoms with Gasteiger partial charge in [-0.25, -0.2) is 33.5 Å². The molecular weight excluding hydrogens is 822 g/mol. The molecule has 0 saturated heterocycles. The molecule has 1 N–H and O–H groups in total. The molecule has 348 valence electrons. The first kappa shape index (κ1) is 46.9. The summed E-state index contributed by atoms with van der Waals surface area (Å²) < 4.78 is 40.8. The van der Waals surface area contributed by atoms with Crippen LogP contribution in [0, 0.1) is 29.0 Å². The highest BCUT2D eigenvalue weighted by atomic mass is 19.1. The zero-order chi connectivity index (χ0) is 47.0. The number of aromatic nitrogens is 3. The van der Waals surface area contributed by atoms with E-state index in [1.807, 2.05) is 22.6 Å². The van der Waals surface area contributed by atoms with E-state index in [-0.39, 0.29) is 47.2 Å². The lowest BCUT2D eigenvalue weighted by molar-refractivity contribution is -0.248. The summed E-state index contributed by atoms with van der Waals surface area (Å²) in [5.41, 5.74) is -0.0206. The molecule has 0 radical (unpaired) electrons. The van der Waals surface area contributed by atoms with Crippen molar-refractivity contribution in [1.29, 1.82) is 0 Å². The summed E-state index contributed by atoms with van der Waals surface area (Å²) in [7, 11) is 0. The summed E-state index contributed by atoms with van der Waals surface area (Å²) in [6, 6.07) is 6.47. The number of pyridine rings is 1. The number of anilines is 1. The Morgan fingerprint density at radius 1 is 0.812 bits per heavy atom. The molecule has 2 aromatic heterocycles. The number of hydrogen-bond donors (Lipinski definition) is 1. The third kappa shape index (κ3) is 9.94. The molecule has 4 bridgehead atoms. The predicted octanol–water partition coefficient (Wildman–Crippen LogP) is 9.92. The van der Waals surface area contributed by atoms with Gasteiger partial charge in [0.15, 0.2) is 5.69 Å². The van der Waals surface area contributed by atoms with Gasteiger partial charge in [0.25, 0.3) is 0 Å². The van der Waals surface area contributed by atoms with E-state index >= 15 is 0 Å². The SMILES string of the molecule is Cc1c(-c2ccc(N3CCc4ccc(F)c(C(=O)O)c4C3)nc2C(=O)OC(C)(C)C)cnn1CC12CC3(C)CC(C)(C1)CC(OCCN(C(=O)OC(C)(C)C)C(=O)OC(C)(C)C)(C3)C2. The number of carbonyl (C=O) groups is 4. The number of benzene rings is 1. The van der Waals surface area contributed by atoms with Crippen LogP contribution in [0.5, 0.6) is 0 Å². The zero-order valence-corrected chi connectivity index (χ0v) is 39.7. The van der Waals surface area contributed by atoms with Crippen molar-refractivity contribution in [2.75, 3.05) is 24.6 Å². The molecule has 2 amide bonds. The molecule has 3 aromatic rings. The van der Waals surface area contributed by atoms with Crippen LogP contribution in [0.1, 0.15) is 152 Å². The Labute approximate surface area is 376 Å². The number of carboxylic acids is 1. The first-order chi connectivity index (χ1) is 29.5. The summed E-state index contributed by atoms with van der Waals surface area (Å²) in [4.78, 5) is 60.4.